The van der Waals surface area contributed by atoms with Crippen molar-refractivity contribution in [1.82, 2.24) is 4.72 Å². The number of nitrogens with one attached hydrogen (secondary N) is 1. The van der Waals surface area contributed by atoms with E-state index in [1.807, 2.05) is 0 Å². The first-order chi connectivity index (χ1) is 6.42. The van der Waals surface area contributed by atoms with Crippen molar-refractivity contribution in [3.05, 3.63) is 24.3 Å². The summed E-state index contributed by atoms with van der Waals surface area (Å²) in [5.74, 6) is 0. The summed E-state index contributed by atoms with van der Waals surface area (Å²) in [6, 6.07) is 4.26. The number of rotatable bonds is 2. The molecule has 1 aromatic carbocycles. The van der Waals surface area contributed by atoms with E-state index in [1.165, 1.54) is 24.3 Å². The van der Waals surface area contributed by atoms with Crippen LogP contribution in [0.15, 0.2) is 29.2 Å². The van der Waals surface area contributed by atoms with Gasteiger partial charge in [0.05, 0.1) is 4.90 Å². The summed E-state index contributed by atoms with van der Waals surface area (Å²) in [6.45, 7) is 0. The van der Waals surface area contributed by atoms with Crippen LogP contribution < -0.4 is 45.7 Å². The molecule has 2 amide bonds. The summed E-state index contributed by atoms with van der Waals surface area (Å²) >= 11 is 0. The van der Waals surface area contributed by atoms with Gasteiger partial charge in [-0.1, -0.05) is 0 Å². The molecule has 0 unspecified atom stereocenters. The molecule has 0 aliphatic carbocycles. The van der Waals surface area contributed by atoms with Crippen molar-refractivity contribution >= 4 is 21.7 Å². The number of urea groups is 1. The van der Waals surface area contributed by atoms with Crippen LogP contribution in [0.5, 0.6) is 0 Å². The fraction of sp³-hybridized carbons (Fsp3) is 0. The fourth-order valence-electron chi connectivity index (χ4n) is 0.838. The second-order valence-electron chi connectivity index (χ2n) is 2.54. The minimum Gasteiger partial charge on any atom is -0.399 e. The van der Waals surface area contributed by atoms with Gasteiger partial charge in [0.25, 0.3) is 10.0 Å². The van der Waals surface area contributed by atoms with Gasteiger partial charge < -0.3 is 11.5 Å². The third kappa shape index (κ3) is 4.08. The van der Waals surface area contributed by atoms with E-state index in [2.05, 4.69) is 0 Å². The summed E-state index contributed by atoms with van der Waals surface area (Å²) in [6.07, 6.45) is 0. The monoisotopic (exact) mass is 238 g/mol. The topological polar surface area (TPSA) is 115 Å². The second kappa shape index (κ2) is 5.36. The number of hydrogen-bond acceptors (Lipinski definition) is 4. The Morgan fingerprint density at radius 1 is 1.20 bits per heavy atom. The Morgan fingerprint density at radius 3 is 2.07 bits per heavy atom. The van der Waals surface area contributed by atoms with E-state index in [4.69, 9.17) is 11.5 Å². The summed E-state index contributed by atoms with van der Waals surface area (Å²) in [7, 11) is -3.86. The molecule has 0 radical (unpaired) electrons. The van der Waals surface area contributed by atoms with Crippen LogP contribution in [0.3, 0.4) is 0 Å². The van der Waals surface area contributed by atoms with Crippen LogP contribution in [0.1, 0.15) is 0 Å². The zero-order chi connectivity index (χ0) is 10.8. The van der Waals surface area contributed by atoms with Gasteiger partial charge >= 0.3 is 35.6 Å². The Balaban J connectivity index is 0.00000196. The van der Waals surface area contributed by atoms with Gasteiger partial charge in [-0.15, -0.1) is 0 Å². The Kier molecular flexibility index (Phi) is 5.09. The average Bonchev–Trinajstić information content (AvgIpc) is 2.02. The molecule has 0 aromatic heterocycles. The number of anilines is 1. The van der Waals surface area contributed by atoms with Gasteiger partial charge in [0, 0.05) is 5.69 Å². The van der Waals surface area contributed by atoms with E-state index in [-0.39, 0.29) is 34.5 Å². The Hall–Kier alpha value is -0.760. The average molecular weight is 238 g/mol. The SMILES string of the molecule is NC(=O)NS(=O)(=O)c1ccc(N)cc1.[Na+]. The first-order valence-electron chi connectivity index (χ1n) is 3.59. The number of carbonyl (C=O) groups excluding carboxylic acids is 1. The molecule has 6 nitrogen and oxygen atoms in total. The van der Waals surface area contributed by atoms with Crippen LogP contribution in [-0.4, -0.2) is 14.4 Å². The van der Waals surface area contributed by atoms with Crippen molar-refractivity contribution in [2.45, 2.75) is 4.90 Å². The fourth-order valence-corrected chi connectivity index (χ4v) is 1.72. The minimum absolute atomic E-state index is 0. The van der Waals surface area contributed by atoms with E-state index in [1.54, 1.807) is 4.72 Å². The van der Waals surface area contributed by atoms with Crippen LogP contribution in [0, 0.1) is 0 Å². The van der Waals surface area contributed by atoms with Gasteiger partial charge in [-0.3, -0.25) is 0 Å². The number of nitrogen functional groups attached to an aromatic ring is 1. The first kappa shape index (κ1) is 14.2. The van der Waals surface area contributed by atoms with Gasteiger partial charge in [-0.25, -0.2) is 17.9 Å². The van der Waals surface area contributed by atoms with Gasteiger partial charge in [-0.05, 0) is 24.3 Å². The van der Waals surface area contributed by atoms with E-state index in [9.17, 15) is 13.2 Å². The summed E-state index contributed by atoms with van der Waals surface area (Å²) < 4.78 is 24.2. The van der Waals surface area contributed by atoms with E-state index in [0.29, 0.717) is 5.69 Å². The number of primary amides is 1. The van der Waals surface area contributed by atoms with Gasteiger partial charge in [0.2, 0.25) is 0 Å². The maximum Gasteiger partial charge on any atom is 1.00 e. The molecule has 1 aromatic rings. The Morgan fingerprint density at radius 2 is 1.67 bits per heavy atom. The molecule has 0 aliphatic rings. The maximum absolute atomic E-state index is 11.3. The molecule has 0 bridgehead atoms. The normalized spacial score (nSPS) is 10.1. The molecule has 1 rings (SSSR count). The maximum atomic E-state index is 11.3. The molecule has 0 aliphatic heterocycles. The molecule has 0 heterocycles. The molecule has 5 N–H and O–H groups in total. The first-order valence-corrected chi connectivity index (χ1v) is 5.08. The van der Waals surface area contributed by atoms with Crippen molar-refractivity contribution in [3.63, 3.8) is 0 Å². The molecule has 0 spiro atoms. The largest absolute Gasteiger partial charge is 1.00 e. The Bertz CT molecular complexity index is 443. The van der Waals surface area contributed by atoms with Crippen molar-refractivity contribution in [1.29, 1.82) is 0 Å². The smallest absolute Gasteiger partial charge is 0.399 e. The third-order valence-corrected chi connectivity index (χ3v) is 2.79. The number of hydrogen-bond donors (Lipinski definition) is 3. The molecule has 0 fully saturated rings. The number of nitrogens with two attached hydrogens (primary N) is 2. The van der Waals surface area contributed by atoms with Crippen LogP contribution in [0.4, 0.5) is 10.5 Å². The predicted molar refractivity (Wildman–Crippen MR) is 50.8 cm³/mol. The standard InChI is InChI=1S/C7H9N3O3S.Na/c8-5-1-3-6(4-2-5)14(12,13)10-7(9)11;/h1-4H,8H2,(H3,9,10,11);/q;+1. The van der Waals surface area contributed by atoms with Crippen LogP contribution in [0.2, 0.25) is 0 Å². The summed E-state index contributed by atoms with van der Waals surface area (Å²) in [5.41, 5.74) is 10.5. The van der Waals surface area contributed by atoms with Gasteiger partial charge in [-0.2, -0.15) is 0 Å². The molecule has 0 saturated carbocycles. The number of amides is 2. The molecule has 0 saturated heterocycles. The number of carbonyl (C=O) groups is 1. The van der Waals surface area contributed by atoms with Gasteiger partial charge in [0.1, 0.15) is 0 Å². The van der Waals surface area contributed by atoms with Crippen LogP contribution in [0.25, 0.3) is 0 Å². The quantitative estimate of drug-likeness (QED) is 0.368. The van der Waals surface area contributed by atoms with Crippen LogP contribution in [-0.2, 0) is 10.0 Å². The van der Waals surface area contributed by atoms with Crippen molar-refractivity contribution in [2.24, 2.45) is 5.73 Å². The molecule has 8 heteroatoms. The third-order valence-electron chi connectivity index (χ3n) is 1.43. The molecular weight excluding hydrogens is 229 g/mol. The van der Waals surface area contributed by atoms with E-state index in [0.717, 1.165) is 0 Å². The predicted octanol–water partition coefficient (Wildman–Crippen LogP) is -3.37. The van der Waals surface area contributed by atoms with Crippen molar-refractivity contribution in [2.75, 3.05) is 5.73 Å². The molecule has 15 heavy (non-hydrogen) atoms. The van der Waals surface area contributed by atoms with Crippen molar-refractivity contribution in [3.8, 4) is 0 Å². The second-order valence-corrected chi connectivity index (χ2v) is 4.22. The number of benzene rings is 1. The number of sulfonamides is 1. The van der Waals surface area contributed by atoms with E-state index < -0.39 is 16.1 Å². The molecule has 0 atom stereocenters. The molecular formula is C7H9N3NaO3S+. The van der Waals surface area contributed by atoms with Crippen LogP contribution >= 0.6 is 0 Å². The van der Waals surface area contributed by atoms with Gasteiger partial charge in [0.15, 0.2) is 0 Å². The minimum atomic E-state index is -3.86. The van der Waals surface area contributed by atoms with Crippen molar-refractivity contribution < 1.29 is 42.8 Å². The molecule has 76 valence electrons. The summed E-state index contributed by atoms with van der Waals surface area (Å²) in [5, 5.41) is 0. The van der Waals surface area contributed by atoms with E-state index >= 15 is 0 Å². The Labute approximate surface area is 109 Å². The summed E-state index contributed by atoms with van der Waals surface area (Å²) in [4.78, 5) is 10.3. The zero-order valence-corrected chi connectivity index (χ0v) is 10.9. The zero-order valence-electron chi connectivity index (χ0n) is 8.10.